The lowest BCUT2D eigenvalue weighted by molar-refractivity contribution is -0.125. The second-order valence-electron chi connectivity index (χ2n) is 6.37. The average Bonchev–Trinajstić information content (AvgIpc) is 2.54. The normalized spacial score (nSPS) is 22.3. The van der Waals surface area contributed by atoms with E-state index in [9.17, 15) is 4.79 Å². The number of piperidine rings is 1. The van der Waals surface area contributed by atoms with Gasteiger partial charge in [0.2, 0.25) is 5.91 Å². The van der Waals surface area contributed by atoms with E-state index in [-0.39, 0.29) is 12.5 Å². The van der Waals surface area contributed by atoms with E-state index in [0.717, 1.165) is 31.7 Å². The first-order valence-electron chi connectivity index (χ1n) is 8.14. The Balaban J connectivity index is 1.88. The van der Waals surface area contributed by atoms with E-state index in [1.165, 1.54) is 7.11 Å². The summed E-state index contributed by atoms with van der Waals surface area (Å²) in [5.41, 5.74) is 1.11. The molecule has 0 spiro atoms. The van der Waals surface area contributed by atoms with E-state index in [0.29, 0.717) is 18.5 Å². The van der Waals surface area contributed by atoms with Crippen molar-refractivity contribution in [1.29, 1.82) is 0 Å². The largest absolute Gasteiger partial charge is 0.375 e. The molecular formula is C17H28N4O2. The summed E-state index contributed by atoms with van der Waals surface area (Å²) in [5.74, 6) is 0.423. The van der Waals surface area contributed by atoms with Gasteiger partial charge in [-0.25, -0.2) is 0 Å². The minimum absolute atomic E-state index is 0.0408. The van der Waals surface area contributed by atoms with Gasteiger partial charge in [-0.3, -0.25) is 14.7 Å². The van der Waals surface area contributed by atoms with E-state index < -0.39 is 0 Å². The van der Waals surface area contributed by atoms with Crippen LogP contribution in [0, 0.1) is 5.92 Å². The standard InChI is InChI=1S/C17H28N4O2/c1-20(2)16-12-21(11-15-6-4-5-8-18-15)9-7-14(16)10-19-17(22)13-23-3/h4-6,8,14,16H,7,9-13H2,1-3H3,(H,19,22)/t14-,16-/m1/s1. The third-order valence-corrected chi connectivity index (χ3v) is 4.42. The number of carbonyl (C=O) groups is 1. The van der Waals surface area contributed by atoms with Gasteiger partial charge in [0.25, 0.3) is 0 Å². The lowest BCUT2D eigenvalue weighted by Gasteiger charge is -2.41. The van der Waals surface area contributed by atoms with Crippen molar-refractivity contribution >= 4 is 5.91 Å². The fraction of sp³-hybridized carbons (Fsp3) is 0.647. The van der Waals surface area contributed by atoms with Crippen LogP contribution in [-0.4, -0.2) is 74.2 Å². The van der Waals surface area contributed by atoms with Crippen LogP contribution in [0.2, 0.25) is 0 Å². The van der Waals surface area contributed by atoms with Crippen LogP contribution in [0.15, 0.2) is 24.4 Å². The van der Waals surface area contributed by atoms with Gasteiger partial charge in [0, 0.05) is 39.0 Å². The van der Waals surface area contributed by atoms with E-state index in [1.807, 2.05) is 18.3 Å². The Kier molecular flexibility index (Phi) is 6.95. The summed E-state index contributed by atoms with van der Waals surface area (Å²) >= 11 is 0. The number of pyridine rings is 1. The number of amides is 1. The van der Waals surface area contributed by atoms with Crippen LogP contribution < -0.4 is 5.32 Å². The zero-order valence-corrected chi connectivity index (χ0v) is 14.4. The number of hydrogen-bond acceptors (Lipinski definition) is 5. The van der Waals surface area contributed by atoms with Crippen molar-refractivity contribution in [2.75, 3.05) is 47.4 Å². The molecule has 0 radical (unpaired) electrons. The summed E-state index contributed by atoms with van der Waals surface area (Å²) < 4.78 is 4.86. The van der Waals surface area contributed by atoms with Gasteiger partial charge < -0.3 is 15.0 Å². The van der Waals surface area contributed by atoms with Crippen LogP contribution in [0.5, 0.6) is 0 Å². The van der Waals surface area contributed by atoms with Gasteiger partial charge in [-0.1, -0.05) is 6.07 Å². The number of likely N-dealkylation sites (N-methyl/N-ethyl adjacent to an activating group) is 1. The number of carbonyl (C=O) groups excluding carboxylic acids is 1. The molecule has 6 nitrogen and oxygen atoms in total. The van der Waals surface area contributed by atoms with Crippen LogP contribution in [0.3, 0.4) is 0 Å². The van der Waals surface area contributed by atoms with Gasteiger partial charge in [0.1, 0.15) is 6.61 Å². The van der Waals surface area contributed by atoms with Crippen molar-refractivity contribution in [3.63, 3.8) is 0 Å². The molecule has 0 saturated carbocycles. The third kappa shape index (κ3) is 5.57. The zero-order valence-electron chi connectivity index (χ0n) is 14.4. The van der Waals surface area contributed by atoms with E-state index in [4.69, 9.17) is 4.74 Å². The second-order valence-corrected chi connectivity index (χ2v) is 6.37. The topological polar surface area (TPSA) is 57.7 Å². The molecule has 1 aliphatic rings. The van der Waals surface area contributed by atoms with Gasteiger partial charge in [-0.15, -0.1) is 0 Å². The predicted octanol–water partition coefficient (Wildman–Crippen LogP) is 0.596. The van der Waals surface area contributed by atoms with Crippen molar-refractivity contribution in [1.82, 2.24) is 20.1 Å². The molecule has 2 rings (SSSR count). The Morgan fingerprint density at radius 1 is 1.48 bits per heavy atom. The maximum absolute atomic E-state index is 11.6. The number of aromatic nitrogens is 1. The van der Waals surface area contributed by atoms with Gasteiger partial charge >= 0.3 is 0 Å². The highest BCUT2D eigenvalue weighted by atomic mass is 16.5. The highest BCUT2D eigenvalue weighted by Gasteiger charge is 2.30. The number of ether oxygens (including phenoxy) is 1. The van der Waals surface area contributed by atoms with Gasteiger partial charge in [-0.05, 0) is 45.1 Å². The van der Waals surface area contributed by atoms with Gasteiger partial charge in [0.05, 0.1) is 5.69 Å². The molecule has 23 heavy (non-hydrogen) atoms. The van der Waals surface area contributed by atoms with Crippen molar-refractivity contribution < 1.29 is 9.53 Å². The molecule has 1 aliphatic heterocycles. The molecule has 128 valence electrons. The van der Waals surface area contributed by atoms with Crippen LogP contribution in [0.1, 0.15) is 12.1 Å². The van der Waals surface area contributed by atoms with Crippen LogP contribution in [0.25, 0.3) is 0 Å². The number of hydrogen-bond donors (Lipinski definition) is 1. The molecule has 1 amide bonds. The first-order chi connectivity index (χ1) is 11.1. The average molecular weight is 320 g/mol. The highest BCUT2D eigenvalue weighted by Crippen LogP contribution is 2.21. The lowest BCUT2D eigenvalue weighted by atomic mass is 9.90. The predicted molar refractivity (Wildman–Crippen MR) is 90.0 cm³/mol. The van der Waals surface area contributed by atoms with E-state index >= 15 is 0 Å². The number of rotatable bonds is 7. The summed E-state index contributed by atoms with van der Waals surface area (Å²) in [4.78, 5) is 20.7. The molecule has 1 saturated heterocycles. The Bertz CT molecular complexity index is 481. The molecule has 1 aromatic rings. The first-order valence-corrected chi connectivity index (χ1v) is 8.14. The van der Waals surface area contributed by atoms with Crippen LogP contribution in [-0.2, 0) is 16.1 Å². The number of nitrogens with zero attached hydrogens (tertiary/aromatic N) is 3. The second kappa shape index (κ2) is 8.96. The SMILES string of the molecule is COCC(=O)NC[C@H]1CCN(Cc2ccccn2)C[C@H]1N(C)C. The maximum Gasteiger partial charge on any atom is 0.245 e. The summed E-state index contributed by atoms with van der Waals surface area (Å²) in [6.07, 6.45) is 2.92. The number of nitrogens with one attached hydrogen (secondary N) is 1. The zero-order chi connectivity index (χ0) is 16.7. The van der Waals surface area contributed by atoms with Crippen LogP contribution in [0.4, 0.5) is 0 Å². The number of likely N-dealkylation sites (tertiary alicyclic amines) is 1. The maximum atomic E-state index is 11.6. The van der Waals surface area contributed by atoms with Crippen molar-refractivity contribution in [3.8, 4) is 0 Å². The molecule has 6 heteroatoms. The quantitative estimate of drug-likeness (QED) is 0.797. The highest BCUT2D eigenvalue weighted by molar-refractivity contribution is 5.77. The fourth-order valence-electron chi connectivity index (χ4n) is 3.16. The third-order valence-electron chi connectivity index (χ3n) is 4.42. The minimum Gasteiger partial charge on any atom is -0.375 e. The smallest absolute Gasteiger partial charge is 0.245 e. The molecule has 1 N–H and O–H groups in total. The molecule has 2 heterocycles. The van der Waals surface area contributed by atoms with Crippen molar-refractivity contribution in [2.45, 2.75) is 19.0 Å². The van der Waals surface area contributed by atoms with Gasteiger partial charge in [-0.2, -0.15) is 0 Å². The first kappa shape index (κ1) is 17.8. The molecule has 2 atom stereocenters. The summed E-state index contributed by atoms with van der Waals surface area (Å²) in [6.45, 7) is 3.75. The summed E-state index contributed by atoms with van der Waals surface area (Å²) in [5, 5.41) is 2.98. The molecule has 1 fully saturated rings. The van der Waals surface area contributed by atoms with Crippen molar-refractivity contribution in [2.24, 2.45) is 5.92 Å². The van der Waals surface area contributed by atoms with Crippen LogP contribution >= 0.6 is 0 Å². The van der Waals surface area contributed by atoms with E-state index in [1.54, 1.807) is 0 Å². The minimum atomic E-state index is -0.0408. The Labute approximate surface area is 138 Å². The molecule has 0 aliphatic carbocycles. The van der Waals surface area contributed by atoms with Gasteiger partial charge in [0.15, 0.2) is 0 Å². The van der Waals surface area contributed by atoms with Crippen molar-refractivity contribution in [3.05, 3.63) is 30.1 Å². The molecule has 0 aromatic carbocycles. The lowest BCUT2D eigenvalue weighted by Crippen LogP contribution is -2.53. The Morgan fingerprint density at radius 3 is 2.96 bits per heavy atom. The Morgan fingerprint density at radius 2 is 2.30 bits per heavy atom. The fourth-order valence-corrected chi connectivity index (χ4v) is 3.16. The molecule has 0 bridgehead atoms. The summed E-state index contributed by atoms with van der Waals surface area (Å²) in [7, 11) is 5.76. The Hall–Kier alpha value is -1.50. The molecule has 0 unspecified atom stereocenters. The molecule has 1 aromatic heterocycles. The number of methoxy groups -OCH3 is 1. The summed E-state index contributed by atoms with van der Waals surface area (Å²) in [6, 6.07) is 6.47. The van der Waals surface area contributed by atoms with E-state index in [2.05, 4.69) is 40.3 Å². The molecular weight excluding hydrogens is 292 g/mol. The monoisotopic (exact) mass is 320 g/mol.